The first-order valence-corrected chi connectivity index (χ1v) is 9.61. The molecule has 140 valence electrons. The first-order valence-electron chi connectivity index (χ1n) is 8.79. The zero-order chi connectivity index (χ0) is 19.2. The number of esters is 1. The number of amides is 1. The number of hydrogen-bond donors (Lipinski definition) is 0. The highest BCUT2D eigenvalue weighted by Gasteiger charge is 2.22. The molecule has 6 nitrogen and oxygen atoms in total. The van der Waals surface area contributed by atoms with Crippen LogP contribution in [0, 0.1) is 11.3 Å². The zero-order valence-corrected chi connectivity index (χ0v) is 16.0. The summed E-state index contributed by atoms with van der Waals surface area (Å²) < 4.78 is 4.70. The van der Waals surface area contributed by atoms with Crippen molar-refractivity contribution in [1.82, 2.24) is 9.80 Å². The van der Waals surface area contributed by atoms with Gasteiger partial charge in [0.2, 0.25) is 0 Å². The third-order valence-corrected chi connectivity index (χ3v) is 5.62. The maximum Gasteiger partial charge on any atom is 0.348 e. The van der Waals surface area contributed by atoms with Gasteiger partial charge < -0.3 is 9.64 Å². The lowest BCUT2D eigenvalue weighted by molar-refractivity contribution is 0.0606. The van der Waals surface area contributed by atoms with Gasteiger partial charge in [0.1, 0.15) is 4.88 Å². The van der Waals surface area contributed by atoms with Gasteiger partial charge >= 0.3 is 5.97 Å². The average Bonchev–Trinajstić information content (AvgIpc) is 3.08. The van der Waals surface area contributed by atoms with Crippen molar-refractivity contribution in [2.45, 2.75) is 13.0 Å². The van der Waals surface area contributed by atoms with Gasteiger partial charge in [-0.05, 0) is 36.2 Å². The van der Waals surface area contributed by atoms with Crippen molar-refractivity contribution in [3.05, 3.63) is 57.3 Å². The Morgan fingerprint density at radius 3 is 2.52 bits per heavy atom. The molecule has 1 aliphatic rings. The Kier molecular flexibility index (Phi) is 6.22. The molecule has 1 aliphatic heterocycles. The molecule has 0 saturated carbocycles. The molecule has 1 saturated heterocycles. The fourth-order valence-corrected chi connectivity index (χ4v) is 3.99. The van der Waals surface area contributed by atoms with E-state index >= 15 is 0 Å². The summed E-state index contributed by atoms with van der Waals surface area (Å²) in [5.74, 6) is -0.445. The number of rotatable bonds is 4. The second-order valence-electron chi connectivity index (χ2n) is 6.39. The molecule has 1 fully saturated rings. The summed E-state index contributed by atoms with van der Waals surface area (Å²) in [4.78, 5) is 29.5. The Morgan fingerprint density at radius 2 is 1.81 bits per heavy atom. The number of nitrogens with zero attached hydrogens (tertiary/aromatic N) is 3. The van der Waals surface area contributed by atoms with E-state index in [0.29, 0.717) is 28.4 Å². The van der Waals surface area contributed by atoms with Gasteiger partial charge in [-0.2, -0.15) is 5.26 Å². The summed E-state index contributed by atoms with van der Waals surface area (Å²) >= 11 is 1.18. The highest BCUT2D eigenvalue weighted by Crippen LogP contribution is 2.20. The number of carbonyl (C=O) groups excluding carboxylic acids is 2. The Bertz CT molecular complexity index is 854. The summed E-state index contributed by atoms with van der Waals surface area (Å²) in [6.45, 7) is 3.87. The quantitative estimate of drug-likeness (QED) is 0.759. The van der Waals surface area contributed by atoms with Gasteiger partial charge in [0.25, 0.3) is 5.91 Å². The number of methoxy groups -OCH3 is 1. The number of thiophene rings is 1. The normalized spacial score (nSPS) is 15.0. The van der Waals surface area contributed by atoms with Crippen molar-refractivity contribution in [2.24, 2.45) is 0 Å². The number of ether oxygens (including phenoxy) is 1. The lowest BCUT2D eigenvalue weighted by atomic mass is 10.1. The number of carbonyl (C=O) groups is 2. The molecular weight excluding hydrogens is 362 g/mol. The van der Waals surface area contributed by atoms with Crippen molar-refractivity contribution >= 4 is 23.2 Å². The van der Waals surface area contributed by atoms with Gasteiger partial charge in [-0.1, -0.05) is 12.1 Å². The topological polar surface area (TPSA) is 73.6 Å². The highest BCUT2D eigenvalue weighted by atomic mass is 32.1. The van der Waals surface area contributed by atoms with Crippen LogP contribution in [-0.4, -0.2) is 55.0 Å². The minimum Gasteiger partial charge on any atom is -0.465 e. The highest BCUT2D eigenvalue weighted by molar-refractivity contribution is 7.15. The molecule has 1 amide bonds. The Labute approximate surface area is 162 Å². The van der Waals surface area contributed by atoms with E-state index in [2.05, 4.69) is 11.0 Å². The first kappa shape index (κ1) is 19.1. The van der Waals surface area contributed by atoms with Gasteiger partial charge in [0, 0.05) is 32.7 Å². The fraction of sp³-hybridized carbons (Fsp3) is 0.350. The molecule has 27 heavy (non-hydrogen) atoms. The van der Waals surface area contributed by atoms with Crippen LogP contribution in [0.15, 0.2) is 36.4 Å². The summed E-state index contributed by atoms with van der Waals surface area (Å²) in [6, 6.07) is 13.1. The van der Waals surface area contributed by atoms with Crippen LogP contribution in [0.5, 0.6) is 0 Å². The molecule has 7 heteroatoms. The second kappa shape index (κ2) is 8.80. The maximum absolute atomic E-state index is 12.7. The smallest absolute Gasteiger partial charge is 0.348 e. The lowest BCUT2D eigenvalue weighted by Crippen LogP contribution is -2.34. The summed E-state index contributed by atoms with van der Waals surface area (Å²) in [5.41, 5.74) is 1.82. The van der Waals surface area contributed by atoms with Crippen LogP contribution in [-0.2, 0) is 11.3 Å². The summed E-state index contributed by atoms with van der Waals surface area (Å²) in [6.07, 6.45) is 0.900. The van der Waals surface area contributed by atoms with E-state index in [-0.39, 0.29) is 5.91 Å². The van der Waals surface area contributed by atoms with Crippen LogP contribution in [0.4, 0.5) is 0 Å². The van der Waals surface area contributed by atoms with Crippen molar-refractivity contribution in [2.75, 3.05) is 33.3 Å². The first-order chi connectivity index (χ1) is 13.1. The molecule has 0 atom stereocenters. The van der Waals surface area contributed by atoms with E-state index in [1.165, 1.54) is 18.4 Å². The molecule has 0 aliphatic carbocycles. The van der Waals surface area contributed by atoms with E-state index in [0.717, 1.165) is 31.6 Å². The molecular formula is C20H21N3O3S. The van der Waals surface area contributed by atoms with Crippen molar-refractivity contribution in [1.29, 1.82) is 5.26 Å². The van der Waals surface area contributed by atoms with Crippen molar-refractivity contribution in [3.63, 3.8) is 0 Å². The minimum atomic E-state index is -0.413. The largest absolute Gasteiger partial charge is 0.465 e. The van der Waals surface area contributed by atoms with Crippen LogP contribution in [0.25, 0.3) is 0 Å². The number of benzene rings is 1. The molecule has 0 spiro atoms. The standard InChI is InChI=1S/C20H21N3O3S/c1-26-20(25)18-8-7-17(27-18)19(24)23-10-2-9-22(11-12-23)14-16-5-3-15(13-21)4-6-16/h3-8H,2,9-12,14H2,1H3. The van der Waals surface area contributed by atoms with Gasteiger partial charge in [0.05, 0.1) is 23.6 Å². The van der Waals surface area contributed by atoms with Crippen LogP contribution in [0.2, 0.25) is 0 Å². The van der Waals surface area contributed by atoms with Gasteiger partial charge in [-0.3, -0.25) is 9.69 Å². The van der Waals surface area contributed by atoms with Gasteiger partial charge in [-0.15, -0.1) is 11.3 Å². The molecule has 0 radical (unpaired) electrons. The van der Waals surface area contributed by atoms with Crippen molar-refractivity contribution < 1.29 is 14.3 Å². The molecule has 3 rings (SSSR count). The molecule has 1 aromatic heterocycles. The molecule has 0 bridgehead atoms. The summed E-state index contributed by atoms with van der Waals surface area (Å²) in [5, 5.41) is 8.89. The molecule has 0 unspecified atom stereocenters. The van der Waals surface area contributed by atoms with Crippen LogP contribution >= 0.6 is 11.3 Å². The second-order valence-corrected chi connectivity index (χ2v) is 7.47. The Balaban J connectivity index is 1.58. The van der Waals surface area contributed by atoms with E-state index in [1.807, 2.05) is 29.2 Å². The molecule has 2 aromatic rings. The average molecular weight is 383 g/mol. The van der Waals surface area contributed by atoms with E-state index < -0.39 is 5.97 Å². The van der Waals surface area contributed by atoms with Gasteiger partial charge in [-0.25, -0.2) is 4.79 Å². The zero-order valence-electron chi connectivity index (χ0n) is 15.2. The number of nitriles is 1. The lowest BCUT2D eigenvalue weighted by Gasteiger charge is -2.21. The predicted molar refractivity (Wildman–Crippen MR) is 103 cm³/mol. The Morgan fingerprint density at radius 1 is 1.07 bits per heavy atom. The molecule has 1 aromatic carbocycles. The fourth-order valence-electron chi connectivity index (χ4n) is 3.09. The Hall–Kier alpha value is -2.69. The maximum atomic E-state index is 12.7. The predicted octanol–water partition coefficient (Wildman–Crippen LogP) is 2.75. The third-order valence-electron chi connectivity index (χ3n) is 4.57. The van der Waals surface area contributed by atoms with Gasteiger partial charge in [0.15, 0.2) is 0 Å². The van der Waals surface area contributed by atoms with Crippen molar-refractivity contribution in [3.8, 4) is 6.07 Å². The molecule has 0 N–H and O–H groups in total. The van der Waals surface area contributed by atoms with Crippen LogP contribution in [0.3, 0.4) is 0 Å². The third kappa shape index (κ3) is 4.73. The SMILES string of the molecule is COC(=O)c1ccc(C(=O)N2CCCN(Cc3ccc(C#N)cc3)CC2)s1. The molecule has 2 heterocycles. The van der Waals surface area contributed by atoms with E-state index in [1.54, 1.807) is 12.1 Å². The van der Waals surface area contributed by atoms with Crippen LogP contribution in [0.1, 0.15) is 36.9 Å². The number of hydrogen-bond acceptors (Lipinski definition) is 6. The minimum absolute atomic E-state index is 0.0321. The van der Waals surface area contributed by atoms with E-state index in [4.69, 9.17) is 10.00 Å². The van der Waals surface area contributed by atoms with E-state index in [9.17, 15) is 9.59 Å². The monoisotopic (exact) mass is 383 g/mol. The summed E-state index contributed by atoms with van der Waals surface area (Å²) in [7, 11) is 1.33. The van der Waals surface area contributed by atoms with Crippen LogP contribution < -0.4 is 0 Å².